The van der Waals surface area contributed by atoms with Gasteiger partial charge in [0.2, 0.25) is 5.62 Å². The summed E-state index contributed by atoms with van der Waals surface area (Å²) < 4.78 is 18.1. The van der Waals surface area contributed by atoms with Gasteiger partial charge >= 0.3 is 0 Å². The third-order valence-corrected chi connectivity index (χ3v) is 6.03. The highest BCUT2D eigenvalue weighted by Crippen LogP contribution is 2.41. The van der Waals surface area contributed by atoms with E-state index in [1.807, 2.05) is 42.2 Å². The predicted octanol–water partition coefficient (Wildman–Crippen LogP) is 4.45. The first-order valence-electron chi connectivity index (χ1n) is 9.94. The van der Waals surface area contributed by atoms with E-state index >= 15 is 0 Å². The van der Waals surface area contributed by atoms with E-state index in [4.69, 9.17) is 5.41 Å². The van der Waals surface area contributed by atoms with Gasteiger partial charge in [-0.2, -0.15) is 0 Å². The topological polar surface area (TPSA) is 62.8 Å². The maximum Gasteiger partial charge on any atom is 0.251 e. The summed E-state index contributed by atoms with van der Waals surface area (Å²) in [5, 5.41) is 11.3. The van der Waals surface area contributed by atoms with Crippen LogP contribution >= 0.6 is 15.9 Å². The maximum absolute atomic E-state index is 13.7. The zero-order valence-corrected chi connectivity index (χ0v) is 18.5. The van der Waals surface area contributed by atoms with Crippen molar-refractivity contribution in [3.63, 3.8) is 0 Å². The summed E-state index contributed by atoms with van der Waals surface area (Å²) in [5.74, 6) is 0.000184. The minimum atomic E-state index is -0.233. The lowest BCUT2D eigenvalue weighted by molar-refractivity contribution is 0.0931. The van der Waals surface area contributed by atoms with Gasteiger partial charge in [0, 0.05) is 29.5 Å². The SMILES string of the molecule is Cc1cc([C@@H](NC(=O)c2cc(Br)cc(Cn3ccn(C)c3=N)c2)C2CC2)ccc1F. The van der Waals surface area contributed by atoms with Crippen molar-refractivity contribution in [2.45, 2.75) is 32.4 Å². The molecule has 30 heavy (non-hydrogen) atoms. The van der Waals surface area contributed by atoms with Crippen LogP contribution in [0.1, 0.15) is 45.9 Å². The largest absolute Gasteiger partial charge is 0.345 e. The molecule has 1 atom stereocenters. The Labute approximate surface area is 183 Å². The average molecular weight is 471 g/mol. The molecule has 1 amide bonds. The second-order valence-corrected chi connectivity index (χ2v) is 8.92. The Morgan fingerprint density at radius 2 is 2.03 bits per heavy atom. The Hall–Kier alpha value is -2.67. The van der Waals surface area contributed by atoms with Gasteiger partial charge in [-0.1, -0.05) is 28.1 Å². The molecular weight excluding hydrogens is 447 g/mol. The standard InChI is InChI=1S/C23H24BrFN4O/c1-14-9-17(5-6-20(14)25)21(16-3-4-16)27-22(30)18-10-15(11-19(24)12-18)13-29-8-7-28(2)23(29)26/h5-12,16,21,26H,3-4,13H2,1-2H3,(H,27,30)/t21-/m0/s1. The van der Waals surface area contributed by atoms with Crippen molar-refractivity contribution in [1.82, 2.24) is 14.5 Å². The van der Waals surface area contributed by atoms with Gasteiger partial charge in [-0.05, 0) is 66.6 Å². The third-order valence-electron chi connectivity index (χ3n) is 5.57. The highest BCUT2D eigenvalue weighted by Gasteiger charge is 2.34. The van der Waals surface area contributed by atoms with Gasteiger partial charge < -0.3 is 14.5 Å². The molecule has 0 bridgehead atoms. The van der Waals surface area contributed by atoms with Crippen LogP contribution in [0.5, 0.6) is 0 Å². The maximum atomic E-state index is 13.7. The fraction of sp³-hybridized carbons (Fsp3) is 0.304. The minimum absolute atomic E-state index is 0.123. The molecule has 1 saturated carbocycles. The molecule has 1 heterocycles. The van der Waals surface area contributed by atoms with Crippen LogP contribution in [0.2, 0.25) is 0 Å². The molecular formula is C23H24BrFN4O. The Morgan fingerprint density at radius 3 is 2.67 bits per heavy atom. The molecule has 0 radical (unpaired) electrons. The van der Waals surface area contributed by atoms with Crippen LogP contribution in [0.3, 0.4) is 0 Å². The van der Waals surface area contributed by atoms with Crippen LogP contribution < -0.4 is 10.9 Å². The minimum Gasteiger partial charge on any atom is -0.345 e. The van der Waals surface area contributed by atoms with Crippen molar-refractivity contribution < 1.29 is 9.18 Å². The molecule has 0 aliphatic heterocycles. The predicted molar refractivity (Wildman–Crippen MR) is 117 cm³/mol. The number of nitrogens with zero attached hydrogens (tertiary/aromatic N) is 2. The van der Waals surface area contributed by atoms with Crippen LogP contribution in [-0.4, -0.2) is 15.0 Å². The first kappa shape index (κ1) is 20.6. The fourth-order valence-electron chi connectivity index (χ4n) is 3.71. The van der Waals surface area contributed by atoms with Gasteiger partial charge in [-0.15, -0.1) is 0 Å². The van der Waals surface area contributed by atoms with E-state index in [0.717, 1.165) is 28.4 Å². The van der Waals surface area contributed by atoms with E-state index in [2.05, 4.69) is 21.2 Å². The van der Waals surface area contributed by atoms with E-state index in [1.165, 1.54) is 6.07 Å². The number of imidazole rings is 1. The first-order chi connectivity index (χ1) is 14.3. The normalized spacial score (nSPS) is 14.5. The van der Waals surface area contributed by atoms with Crippen LogP contribution in [0.4, 0.5) is 4.39 Å². The Kier molecular flexibility index (Phi) is 5.64. The highest BCUT2D eigenvalue weighted by molar-refractivity contribution is 9.10. The number of amides is 1. The van der Waals surface area contributed by atoms with Crippen molar-refractivity contribution >= 4 is 21.8 Å². The summed E-state index contributed by atoms with van der Waals surface area (Å²) in [7, 11) is 1.83. The number of carbonyl (C=O) groups is 1. The molecule has 0 saturated heterocycles. The second kappa shape index (κ2) is 8.22. The summed E-state index contributed by atoms with van der Waals surface area (Å²) in [6, 6.07) is 10.6. The highest BCUT2D eigenvalue weighted by atomic mass is 79.9. The molecule has 5 nitrogen and oxygen atoms in total. The Bertz CT molecular complexity index is 1160. The molecule has 4 rings (SSSR count). The van der Waals surface area contributed by atoms with Crippen LogP contribution in [0.25, 0.3) is 0 Å². The van der Waals surface area contributed by atoms with Crippen LogP contribution in [0, 0.1) is 24.1 Å². The van der Waals surface area contributed by atoms with E-state index < -0.39 is 0 Å². The van der Waals surface area contributed by atoms with Gasteiger partial charge in [-0.25, -0.2) is 4.39 Å². The Balaban J connectivity index is 1.57. The number of nitrogens with one attached hydrogen (secondary N) is 2. The molecule has 2 N–H and O–H groups in total. The molecule has 1 aliphatic carbocycles. The lowest BCUT2D eigenvalue weighted by Gasteiger charge is -2.20. The van der Waals surface area contributed by atoms with Gasteiger partial charge in [0.25, 0.3) is 5.91 Å². The summed E-state index contributed by atoms with van der Waals surface area (Å²) in [6.07, 6.45) is 5.80. The molecule has 3 aromatic rings. The van der Waals surface area contributed by atoms with Gasteiger partial charge in [0.1, 0.15) is 5.82 Å². The van der Waals surface area contributed by atoms with Crippen LogP contribution in [-0.2, 0) is 13.6 Å². The zero-order valence-electron chi connectivity index (χ0n) is 17.0. The number of aromatic nitrogens is 2. The van der Waals surface area contributed by atoms with Crippen molar-refractivity contribution in [2.24, 2.45) is 13.0 Å². The van der Waals surface area contributed by atoms with Gasteiger partial charge in [-0.3, -0.25) is 10.2 Å². The van der Waals surface area contributed by atoms with Crippen molar-refractivity contribution in [3.8, 4) is 0 Å². The van der Waals surface area contributed by atoms with E-state index in [-0.39, 0.29) is 17.8 Å². The quantitative estimate of drug-likeness (QED) is 0.549. The molecule has 1 aromatic heterocycles. The van der Waals surface area contributed by atoms with Crippen LogP contribution in [0.15, 0.2) is 53.3 Å². The number of aryl methyl sites for hydroxylation is 2. The summed E-state index contributed by atoms with van der Waals surface area (Å²) in [5.41, 5.74) is 3.41. The first-order valence-corrected chi connectivity index (χ1v) is 10.7. The molecule has 0 unspecified atom stereocenters. The molecule has 156 valence electrons. The number of halogens is 2. The lowest BCUT2D eigenvalue weighted by atomic mass is 9.99. The number of hydrogen-bond donors (Lipinski definition) is 2. The van der Waals surface area contributed by atoms with Crippen molar-refractivity contribution in [3.05, 3.63) is 87.0 Å². The molecule has 1 aliphatic rings. The van der Waals surface area contributed by atoms with Crippen molar-refractivity contribution in [1.29, 1.82) is 5.41 Å². The molecule has 7 heteroatoms. The van der Waals surface area contributed by atoms with Gasteiger partial charge in [0.15, 0.2) is 0 Å². The monoisotopic (exact) mass is 470 g/mol. The summed E-state index contributed by atoms with van der Waals surface area (Å²) in [4.78, 5) is 13.1. The van der Waals surface area contributed by atoms with E-state index in [0.29, 0.717) is 29.2 Å². The van der Waals surface area contributed by atoms with E-state index in [9.17, 15) is 9.18 Å². The third kappa shape index (κ3) is 4.41. The number of rotatable bonds is 6. The van der Waals surface area contributed by atoms with E-state index in [1.54, 1.807) is 23.6 Å². The fourth-order valence-corrected chi connectivity index (χ4v) is 4.25. The number of benzene rings is 2. The number of carbonyl (C=O) groups excluding carboxylic acids is 1. The van der Waals surface area contributed by atoms with Crippen molar-refractivity contribution in [2.75, 3.05) is 0 Å². The summed E-state index contributed by atoms with van der Waals surface area (Å²) >= 11 is 3.51. The van der Waals surface area contributed by atoms with Gasteiger partial charge in [0.05, 0.1) is 12.6 Å². The lowest BCUT2D eigenvalue weighted by Crippen LogP contribution is -2.30. The smallest absolute Gasteiger partial charge is 0.251 e. The molecule has 1 fully saturated rings. The Morgan fingerprint density at radius 1 is 1.27 bits per heavy atom. The zero-order chi connectivity index (χ0) is 21.4. The average Bonchev–Trinajstić information content (AvgIpc) is 3.50. The second-order valence-electron chi connectivity index (χ2n) is 8.01. The summed E-state index contributed by atoms with van der Waals surface area (Å²) in [6.45, 7) is 2.25. The molecule has 2 aromatic carbocycles. The number of hydrogen-bond acceptors (Lipinski definition) is 2. The molecule has 0 spiro atoms.